The summed E-state index contributed by atoms with van der Waals surface area (Å²) in [5.74, 6) is -0.403. The van der Waals surface area contributed by atoms with Gasteiger partial charge in [0, 0.05) is 24.2 Å². The van der Waals surface area contributed by atoms with Crippen LogP contribution in [-0.2, 0) is 32.5 Å². The third-order valence-electron chi connectivity index (χ3n) is 7.54. The number of carbonyl (C=O) groups is 2. The molecule has 5 N–H and O–H groups in total. The van der Waals surface area contributed by atoms with Gasteiger partial charge >= 0.3 is 0 Å². The summed E-state index contributed by atoms with van der Waals surface area (Å²) in [7, 11) is -3.75. The van der Waals surface area contributed by atoms with Crippen LogP contribution < -0.4 is 21.1 Å². The van der Waals surface area contributed by atoms with Gasteiger partial charge in [-0.3, -0.25) is 14.5 Å². The largest absolute Gasteiger partial charge is 0.384 e. The molecule has 0 fully saturated rings. The highest BCUT2D eigenvalue weighted by atomic mass is 32.2. The number of benzene rings is 2. The van der Waals surface area contributed by atoms with Crippen LogP contribution in [0.4, 0.5) is 5.13 Å². The lowest BCUT2D eigenvalue weighted by atomic mass is 9.75. The summed E-state index contributed by atoms with van der Waals surface area (Å²) in [4.78, 5) is 27.5. The molecular formula is C30H31N7O4S3. The number of carbonyl (C=O) groups excluding carboxylic acids is 2. The number of nitrogens with two attached hydrogens (primary N) is 2. The molecule has 1 aliphatic carbocycles. The molecule has 44 heavy (non-hydrogen) atoms. The molecule has 2 aliphatic rings. The van der Waals surface area contributed by atoms with Gasteiger partial charge in [0.15, 0.2) is 10.1 Å². The van der Waals surface area contributed by atoms with Crippen molar-refractivity contribution in [2.75, 3.05) is 17.2 Å². The van der Waals surface area contributed by atoms with Crippen LogP contribution in [0.5, 0.6) is 0 Å². The Labute approximate surface area is 264 Å². The molecule has 2 aromatic carbocycles. The minimum atomic E-state index is -3.75. The maximum absolute atomic E-state index is 13.3. The average Bonchev–Trinajstić information content (AvgIpc) is 3.48. The number of amides is 1. The lowest BCUT2D eigenvalue weighted by molar-refractivity contribution is -0.118. The van der Waals surface area contributed by atoms with Gasteiger partial charge in [0.25, 0.3) is 0 Å². The van der Waals surface area contributed by atoms with Gasteiger partial charge in [0.05, 0.1) is 28.2 Å². The molecule has 1 aliphatic heterocycles. The molecule has 1 amide bonds. The van der Waals surface area contributed by atoms with Crippen LogP contribution in [0.2, 0.25) is 0 Å². The lowest BCUT2D eigenvalue weighted by Crippen LogP contribution is -2.38. The zero-order valence-corrected chi connectivity index (χ0v) is 26.4. The normalized spacial score (nSPS) is 17.0. The summed E-state index contributed by atoms with van der Waals surface area (Å²) < 4.78 is 23.3. The van der Waals surface area contributed by atoms with Crippen molar-refractivity contribution in [3.63, 3.8) is 0 Å². The number of aromatic nitrogens is 2. The Bertz CT molecular complexity index is 1790. The van der Waals surface area contributed by atoms with Gasteiger partial charge in [-0.1, -0.05) is 66.4 Å². The van der Waals surface area contributed by atoms with E-state index in [-0.39, 0.29) is 28.2 Å². The molecule has 0 saturated heterocycles. The summed E-state index contributed by atoms with van der Waals surface area (Å²) in [5.41, 5.74) is 11.1. The van der Waals surface area contributed by atoms with Crippen molar-refractivity contribution in [3.8, 4) is 6.07 Å². The van der Waals surface area contributed by atoms with Gasteiger partial charge in [0.1, 0.15) is 5.82 Å². The van der Waals surface area contributed by atoms with Crippen molar-refractivity contribution in [1.29, 1.82) is 5.26 Å². The fourth-order valence-corrected chi connectivity index (χ4v) is 7.53. The molecule has 0 saturated carbocycles. The average molecular weight is 650 g/mol. The zero-order valence-electron chi connectivity index (χ0n) is 23.9. The Kier molecular flexibility index (Phi) is 9.50. The molecule has 1 atom stereocenters. The molecular weight excluding hydrogens is 619 g/mol. The topological polar surface area (TPSA) is 185 Å². The number of thioether (sulfide) groups is 1. The highest BCUT2D eigenvalue weighted by Gasteiger charge is 2.41. The maximum atomic E-state index is 13.3. The molecule has 0 bridgehead atoms. The van der Waals surface area contributed by atoms with E-state index in [1.165, 1.54) is 35.2 Å². The van der Waals surface area contributed by atoms with Gasteiger partial charge < -0.3 is 11.1 Å². The predicted octanol–water partition coefficient (Wildman–Crippen LogP) is 3.50. The van der Waals surface area contributed by atoms with Crippen molar-refractivity contribution in [2.24, 2.45) is 10.9 Å². The molecule has 5 rings (SSSR count). The molecule has 11 nitrogen and oxygen atoms in total. The van der Waals surface area contributed by atoms with Gasteiger partial charge in [-0.15, -0.1) is 10.2 Å². The number of allylic oxidation sites excluding steroid dienone is 3. The Morgan fingerprint density at radius 3 is 2.50 bits per heavy atom. The van der Waals surface area contributed by atoms with Crippen LogP contribution in [-0.4, -0.2) is 42.6 Å². The number of nitriles is 1. The smallest absolute Gasteiger partial charge is 0.238 e. The number of Topliss-reactive ketones (excluding diaryl/α,β-unsaturated/α-hetero) is 1. The number of hydrogen-bond donors (Lipinski definition) is 3. The summed E-state index contributed by atoms with van der Waals surface area (Å²) in [6.07, 6.45) is 3.09. The summed E-state index contributed by atoms with van der Waals surface area (Å²) >= 11 is 2.46. The summed E-state index contributed by atoms with van der Waals surface area (Å²) in [6, 6.07) is 16.4. The molecule has 228 valence electrons. The molecule has 3 aromatic rings. The summed E-state index contributed by atoms with van der Waals surface area (Å²) in [6.45, 7) is 2.44. The third-order valence-corrected chi connectivity index (χ3v) is 10.5. The van der Waals surface area contributed by atoms with Crippen molar-refractivity contribution in [3.05, 3.63) is 87.9 Å². The SMILES string of the molecule is CCc1ccc(C2C(C#N)=C(N)N(c3nnc(SCC(=O)NCCc4ccc(S(N)(=O)=O)cc4)s3)C3=C2C(=O)CCC3)cc1. The number of ketones is 1. The number of aryl methyl sites for hydroxylation is 1. The van der Waals surface area contributed by atoms with E-state index >= 15 is 0 Å². The van der Waals surface area contributed by atoms with Crippen LogP contribution >= 0.6 is 23.1 Å². The second kappa shape index (κ2) is 13.3. The number of nitrogens with one attached hydrogen (secondary N) is 1. The highest BCUT2D eigenvalue weighted by Crippen LogP contribution is 2.47. The Morgan fingerprint density at radius 1 is 1.14 bits per heavy atom. The number of nitrogens with zero attached hydrogens (tertiary/aromatic N) is 4. The van der Waals surface area contributed by atoms with E-state index < -0.39 is 15.9 Å². The number of sulfonamides is 1. The lowest BCUT2D eigenvalue weighted by Gasteiger charge is -2.38. The van der Waals surface area contributed by atoms with Crippen molar-refractivity contribution < 1.29 is 18.0 Å². The quantitative estimate of drug-likeness (QED) is 0.275. The maximum Gasteiger partial charge on any atom is 0.238 e. The van der Waals surface area contributed by atoms with Crippen LogP contribution in [0.1, 0.15) is 48.8 Å². The second-order valence-electron chi connectivity index (χ2n) is 10.3. The van der Waals surface area contributed by atoms with E-state index in [9.17, 15) is 23.3 Å². The molecule has 1 unspecified atom stereocenters. The first kappa shape index (κ1) is 31.4. The van der Waals surface area contributed by atoms with E-state index in [1.54, 1.807) is 17.0 Å². The van der Waals surface area contributed by atoms with Crippen molar-refractivity contribution in [2.45, 2.75) is 54.2 Å². The molecule has 2 heterocycles. The molecule has 0 spiro atoms. The zero-order chi connectivity index (χ0) is 31.4. The van der Waals surface area contributed by atoms with E-state index in [4.69, 9.17) is 10.9 Å². The monoisotopic (exact) mass is 649 g/mol. The van der Waals surface area contributed by atoms with Gasteiger partial charge in [-0.25, -0.2) is 13.6 Å². The highest BCUT2D eigenvalue weighted by molar-refractivity contribution is 8.01. The van der Waals surface area contributed by atoms with E-state index in [0.29, 0.717) is 52.8 Å². The van der Waals surface area contributed by atoms with Crippen molar-refractivity contribution in [1.82, 2.24) is 15.5 Å². The van der Waals surface area contributed by atoms with Crippen molar-refractivity contribution >= 4 is 49.9 Å². The van der Waals surface area contributed by atoms with Crippen LogP contribution in [0.25, 0.3) is 0 Å². The number of primary sulfonamides is 1. The van der Waals surface area contributed by atoms with Crippen LogP contribution in [0.15, 0.2) is 80.4 Å². The Hall–Kier alpha value is -4.03. The van der Waals surface area contributed by atoms with E-state index in [2.05, 4.69) is 28.5 Å². The van der Waals surface area contributed by atoms with Gasteiger partial charge in [-0.2, -0.15) is 5.26 Å². The molecule has 14 heteroatoms. The first-order valence-electron chi connectivity index (χ1n) is 14.0. The third kappa shape index (κ3) is 6.71. The summed E-state index contributed by atoms with van der Waals surface area (Å²) in [5, 5.41) is 27.2. The minimum absolute atomic E-state index is 0.00258. The fraction of sp³-hybridized carbons (Fsp3) is 0.300. The standard InChI is InChI=1S/C30H31N7O4S3/c1-2-18-6-10-20(11-7-18)26-22(16-31)28(32)37(23-4-3-5-24(38)27(23)26)29-35-36-30(43-29)42-17-25(39)34-15-14-19-8-12-21(13-9-19)44(33,40)41/h6-13,26H,2-5,14-15,17,32H2,1H3,(H,34,39)(H2,33,40,41). The first-order chi connectivity index (χ1) is 21.1. The second-order valence-corrected chi connectivity index (χ2v) is 14.1. The predicted molar refractivity (Wildman–Crippen MR) is 169 cm³/mol. The Balaban J connectivity index is 1.27. The first-order valence-corrected chi connectivity index (χ1v) is 17.3. The minimum Gasteiger partial charge on any atom is -0.384 e. The fourth-order valence-electron chi connectivity index (χ4n) is 5.31. The molecule has 1 aromatic heterocycles. The number of rotatable bonds is 10. The number of anilines is 1. The Morgan fingerprint density at radius 2 is 1.84 bits per heavy atom. The van der Waals surface area contributed by atoms with Crippen LogP contribution in [0.3, 0.4) is 0 Å². The molecule has 0 radical (unpaired) electrons. The van der Waals surface area contributed by atoms with E-state index in [0.717, 1.165) is 28.8 Å². The van der Waals surface area contributed by atoms with E-state index in [1.807, 2.05) is 24.3 Å². The van der Waals surface area contributed by atoms with Gasteiger partial charge in [-0.05, 0) is 54.5 Å². The number of hydrogen-bond acceptors (Lipinski definition) is 11. The van der Waals surface area contributed by atoms with Crippen LogP contribution in [0, 0.1) is 11.3 Å². The van der Waals surface area contributed by atoms with Gasteiger partial charge in [0.2, 0.25) is 21.1 Å².